The molecule has 86 valence electrons. The summed E-state index contributed by atoms with van der Waals surface area (Å²) in [5, 5.41) is 15.0. The number of aromatic nitrogens is 4. The number of nitrogens with zero attached hydrogens (tertiary/aromatic N) is 4. The van der Waals surface area contributed by atoms with E-state index in [1.165, 1.54) is 0 Å². The van der Waals surface area contributed by atoms with Crippen LogP contribution in [0.4, 0.5) is 0 Å². The number of nitrogens with one attached hydrogen (secondary N) is 1. The van der Waals surface area contributed by atoms with Crippen molar-refractivity contribution in [2.24, 2.45) is 5.92 Å². The first-order valence-electron chi connectivity index (χ1n) is 5.58. The summed E-state index contributed by atoms with van der Waals surface area (Å²) in [5.41, 5.74) is 0. The normalized spacial score (nSPS) is 11.6. The second kappa shape index (κ2) is 5.80. The molecule has 0 aliphatic carbocycles. The van der Waals surface area contributed by atoms with E-state index in [4.69, 9.17) is 0 Å². The van der Waals surface area contributed by atoms with Crippen LogP contribution in [0.3, 0.4) is 0 Å². The second-order valence-corrected chi connectivity index (χ2v) is 4.54. The highest BCUT2D eigenvalue weighted by Gasteiger charge is 2.06. The summed E-state index contributed by atoms with van der Waals surface area (Å²) < 4.78 is 1.88. The van der Waals surface area contributed by atoms with Gasteiger partial charge in [0.05, 0.1) is 6.54 Å². The van der Waals surface area contributed by atoms with Crippen LogP contribution < -0.4 is 5.32 Å². The summed E-state index contributed by atoms with van der Waals surface area (Å²) in [6.45, 7) is 10.3. The van der Waals surface area contributed by atoms with Gasteiger partial charge in [0, 0.05) is 12.6 Å². The van der Waals surface area contributed by atoms with E-state index in [2.05, 4.69) is 48.5 Å². The quantitative estimate of drug-likeness (QED) is 0.768. The van der Waals surface area contributed by atoms with Crippen LogP contribution in [0.25, 0.3) is 0 Å². The van der Waals surface area contributed by atoms with Crippen molar-refractivity contribution in [2.75, 3.05) is 0 Å². The Morgan fingerprint density at radius 3 is 2.60 bits per heavy atom. The van der Waals surface area contributed by atoms with Gasteiger partial charge in [-0.05, 0) is 22.8 Å². The number of hydrogen-bond acceptors (Lipinski definition) is 4. The molecule has 5 heteroatoms. The average molecular weight is 211 g/mol. The van der Waals surface area contributed by atoms with E-state index in [0.717, 1.165) is 25.3 Å². The standard InChI is InChI=1S/C10H21N5/c1-8(2)5-6-15-10(12-13-14-15)7-11-9(3)4/h8-9,11H,5-7H2,1-4H3. The van der Waals surface area contributed by atoms with E-state index in [-0.39, 0.29) is 0 Å². The van der Waals surface area contributed by atoms with Gasteiger partial charge in [-0.3, -0.25) is 0 Å². The fourth-order valence-corrected chi connectivity index (χ4v) is 1.20. The van der Waals surface area contributed by atoms with E-state index >= 15 is 0 Å². The van der Waals surface area contributed by atoms with E-state index in [0.29, 0.717) is 12.0 Å². The topological polar surface area (TPSA) is 55.6 Å². The molecule has 1 aromatic rings. The van der Waals surface area contributed by atoms with Gasteiger partial charge in [-0.2, -0.15) is 0 Å². The van der Waals surface area contributed by atoms with Crippen molar-refractivity contribution in [1.29, 1.82) is 0 Å². The van der Waals surface area contributed by atoms with Crippen molar-refractivity contribution >= 4 is 0 Å². The zero-order valence-electron chi connectivity index (χ0n) is 10.1. The van der Waals surface area contributed by atoms with Gasteiger partial charge < -0.3 is 5.32 Å². The zero-order chi connectivity index (χ0) is 11.3. The Hall–Kier alpha value is -0.970. The number of rotatable bonds is 6. The van der Waals surface area contributed by atoms with Gasteiger partial charge in [-0.25, -0.2) is 4.68 Å². The van der Waals surface area contributed by atoms with Crippen molar-refractivity contribution in [3.8, 4) is 0 Å². The number of hydrogen-bond donors (Lipinski definition) is 1. The van der Waals surface area contributed by atoms with E-state index < -0.39 is 0 Å². The van der Waals surface area contributed by atoms with Gasteiger partial charge in [0.2, 0.25) is 0 Å². The third-order valence-corrected chi connectivity index (χ3v) is 2.19. The van der Waals surface area contributed by atoms with E-state index in [9.17, 15) is 0 Å². The minimum Gasteiger partial charge on any atom is -0.308 e. The summed E-state index contributed by atoms with van der Waals surface area (Å²) in [7, 11) is 0. The SMILES string of the molecule is CC(C)CCn1nnnc1CNC(C)C. The molecule has 0 saturated heterocycles. The Kier molecular flexibility index (Phi) is 4.68. The molecule has 0 aromatic carbocycles. The van der Waals surface area contributed by atoms with Crippen LogP contribution in [0.15, 0.2) is 0 Å². The smallest absolute Gasteiger partial charge is 0.165 e. The van der Waals surface area contributed by atoms with E-state index in [1.54, 1.807) is 0 Å². The highest BCUT2D eigenvalue weighted by Crippen LogP contribution is 2.02. The molecule has 1 rings (SSSR count). The van der Waals surface area contributed by atoms with Crippen molar-refractivity contribution in [1.82, 2.24) is 25.5 Å². The van der Waals surface area contributed by atoms with Crippen LogP contribution in [0.2, 0.25) is 0 Å². The molecular formula is C10H21N5. The van der Waals surface area contributed by atoms with Crippen molar-refractivity contribution in [3.63, 3.8) is 0 Å². The lowest BCUT2D eigenvalue weighted by atomic mass is 10.1. The molecule has 0 spiro atoms. The summed E-state index contributed by atoms with van der Waals surface area (Å²) >= 11 is 0. The summed E-state index contributed by atoms with van der Waals surface area (Å²) in [6, 6.07) is 0.459. The Labute approximate surface area is 91.2 Å². The third kappa shape index (κ3) is 4.38. The lowest BCUT2D eigenvalue weighted by molar-refractivity contribution is 0.455. The predicted octanol–water partition coefficient (Wildman–Crippen LogP) is 1.22. The molecule has 0 fully saturated rings. The Morgan fingerprint density at radius 1 is 1.27 bits per heavy atom. The lowest BCUT2D eigenvalue weighted by Gasteiger charge is -2.09. The minimum atomic E-state index is 0.459. The molecule has 0 aliphatic rings. The average Bonchev–Trinajstić information content (AvgIpc) is 2.58. The largest absolute Gasteiger partial charge is 0.308 e. The van der Waals surface area contributed by atoms with Gasteiger partial charge in [-0.15, -0.1) is 5.10 Å². The van der Waals surface area contributed by atoms with Crippen LogP contribution in [-0.4, -0.2) is 26.2 Å². The van der Waals surface area contributed by atoms with Crippen LogP contribution in [0, 0.1) is 5.92 Å². The molecule has 0 saturated carbocycles. The molecule has 15 heavy (non-hydrogen) atoms. The Bertz CT molecular complexity index is 253. The van der Waals surface area contributed by atoms with Crippen molar-refractivity contribution < 1.29 is 0 Å². The lowest BCUT2D eigenvalue weighted by Crippen LogP contribution is -2.24. The Morgan fingerprint density at radius 2 is 2.00 bits per heavy atom. The Balaban J connectivity index is 2.46. The van der Waals surface area contributed by atoms with Crippen molar-refractivity contribution in [2.45, 2.75) is 53.2 Å². The second-order valence-electron chi connectivity index (χ2n) is 4.54. The minimum absolute atomic E-state index is 0.459. The molecule has 0 amide bonds. The predicted molar refractivity (Wildman–Crippen MR) is 59.2 cm³/mol. The van der Waals surface area contributed by atoms with Crippen LogP contribution in [0.1, 0.15) is 39.9 Å². The van der Waals surface area contributed by atoms with Gasteiger partial charge in [-0.1, -0.05) is 27.7 Å². The molecule has 0 bridgehead atoms. The number of aryl methyl sites for hydroxylation is 1. The molecular weight excluding hydrogens is 190 g/mol. The monoisotopic (exact) mass is 211 g/mol. The molecule has 0 aliphatic heterocycles. The van der Waals surface area contributed by atoms with E-state index in [1.807, 2.05) is 4.68 Å². The molecule has 1 N–H and O–H groups in total. The maximum atomic E-state index is 4.01. The molecule has 0 unspecified atom stereocenters. The maximum absolute atomic E-state index is 4.01. The first-order valence-corrected chi connectivity index (χ1v) is 5.58. The molecule has 5 nitrogen and oxygen atoms in total. The highest BCUT2D eigenvalue weighted by molar-refractivity contribution is 4.80. The maximum Gasteiger partial charge on any atom is 0.165 e. The molecule has 0 atom stereocenters. The summed E-state index contributed by atoms with van der Waals surface area (Å²) in [5.74, 6) is 1.60. The fraction of sp³-hybridized carbons (Fsp3) is 0.900. The summed E-state index contributed by atoms with van der Waals surface area (Å²) in [4.78, 5) is 0. The highest BCUT2D eigenvalue weighted by atomic mass is 15.5. The van der Waals surface area contributed by atoms with Gasteiger partial charge in [0.25, 0.3) is 0 Å². The van der Waals surface area contributed by atoms with Crippen LogP contribution in [-0.2, 0) is 13.1 Å². The summed E-state index contributed by atoms with van der Waals surface area (Å²) in [6.07, 6.45) is 1.11. The zero-order valence-corrected chi connectivity index (χ0v) is 10.1. The number of tetrazole rings is 1. The first kappa shape index (κ1) is 12.1. The van der Waals surface area contributed by atoms with Gasteiger partial charge in [0.15, 0.2) is 5.82 Å². The van der Waals surface area contributed by atoms with Gasteiger partial charge in [0.1, 0.15) is 0 Å². The molecule has 0 radical (unpaired) electrons. The first-order chi connectivity index (χ1) is 7.09. The van der Waals surface area contributed by atoms with Crippen LogP contribution >= 0.6 is 0 Å². The van der Waals surface area contributed by atoms with Crippen molar-refractivity contribution in [3.05, 3.63) is 5.82 Å². The fourth-order valence-electron chi connectivity index (χ4n) is 1.20. The van der Waals surface area contributed by atoms with Crippen LogP contribution in [0.5, 0.6) is 0 Å². The molecule has 1 heterocycles. The third-order valence-electron chi connectivity index (χ3n) is 2.19. The molecule has 1 aromatic heterocycles. The van der Waals surface area contributed by atoms with Gasteiger partial charge >= 0.3 is 0 Å².